The Hall–Kier alpha value is -1.88. The zero-order valence-corrected chi connectivity index (χ0v) is 11.9. The Morgan fingerprint density at radius 3 is 2.74 bits per heavy atom. The van der Waals surface area contributed by atoms with Gasteiger partial charge in [0.05, 0.1) is 7.11 Å². The number of methoxy groups -OCH3 is 1. The lowest BCUT2D eigenvalue weighted by Gasteiger charge is -2.18. The third-order valence-electron chi connectivity index (χ3n) is 2.63. The first kappa shape index (κ1) is 13.5. The number of benzene rings is 1. The summed E-state index contributed by atoms with van der Waals surface area (Å²) in [6.07, 6.45) is 3.31. The van der Waals surface area contributed by atoms with E-state index in [2.05, 4.69) is 26.2 Å². The van der Waals surface area contributed by atoms with E-state index in [1.165, 1.54) is 7.11 Å². The molecule has 0 bridgehead atoms. The first-order valence-electron chi connectivity index (χ1n) is 5.71. The maximum absolute atomic E-state index is 11.9. The molecule has 5 heteroatoms. The summed E-state index contributed by atoms with van der Waals surface area (Å²) >= 11 is 3.44. The van der Waals surface area contributed by atoms with Gasteiger partial charge in [-0.2, -0.15) is 0 Å². The van der Waals surface area contributed by atoms with Crippen LogP contribution in [0.5, 0.6) is 0 Å². The Balaban J connectivity index is 2.30. The van der Waals surface area contributed by atoms with Gasteiger partial charge in [-0.25, -0.2) is 4.79 Å². The largest absolute Gasteiger partial charge is 0.467 e. The van der Waals surface area contributed by atoms with Crippen molar-refractivity contribution in [2.45, 2.75) is 6.04 Å². The molecule has 1 N–H and O–H groups in total. The van der Waals surface area contributed by atoms with Gasteiger partial charge >= 0.3 is 5.97 Å². The summed E-state index contributed by atoms with van der Waals surface area (Å²) in [6, 6.07) is 10.6. The maximum atomic E-state index is 11.9. The average molecular weight is 321 g/mol. The van der Waals surface area contributed by atoms with Crippen LogP contribution >= 0.6 is 15.9 Å². The maximum Gasteiger partial charge on any atom is 0.333 e. The highest BCUT2D eigenvalue weighted by molar-refractivity contribution is 9.10. The van der Waals surface area contributed by atoms with E-state index in [9.17, 15) is 4.79 Å². The predicted molar refractivity (Wildman–Crippen MR) is 76.8 cm³/mol. The summed E-state index contributed by atoms with van der Waals surface area (Å²) in [5.41, 5.74) is 1.58. The quantitative estimate of drug-likeness (QED) is 0.879. The van der Waals surface area contributed by atoms with E-state index in [0.717, 1.165) is 15.7 Å². The number of nitrogens with zero attached hydrogens (tertiary/aromatic N) is 1. The van der Waals surface area contributed by atoms with Crippen LogP contribution in [0.3, 0.4) is 0 Å². The lowest BCUT2D eigenvalue weighted by atomic mass is 10.1. The van der Waals surface area contributed by atoms with Crippen molar-refractivity contribution in [3.05, 3.63) is 58.8 Å². The lowest BCUT2D eigenvalue weighted by Crippen LogP contribution is -2.22. The number of rotatable bonds is 4. The minimum Gasteiger partial charge on any atom is -0.467 e. The second-order valence-electron chi connectivity index (χ2n) is 3.87. The van der Waals surface area contributed by atoms with Gasteiger partial charge in [0, 0.05) is 28.1 Å². The molecule has 0 radical (unpaired) electrons. The van der Waals surface area contributed by atoms with Gasteiger partial charge < -0.3 is 10.1 Å². The molecule has 0 fully saturated rings. The molecule has 2 aromatic rings. The molecule has 2 rings (SSSR count). The Morgan fingerprint density at radius 2 is 2.11 bits per heavy atom. The van der Waals surface area contributed by atoms with Gasteiger partial charge in [0.1, 0.15) is 0 Å². The van der Waals surface area contributed by atoms with Gasteiger partial charge in [-0.05, 0) is 34.1 Å². The van der Waals surface area contributed by atoms with Crippen LogP contribution in [0.4, 0.5) is 5.69 Å². The van der Waals surface area contributed by atoms with Crippen LogP contribution in [0.2, 0.25) is 0 Å². The summed E-state index contributed by atoms with van der Waals surface area (Å²) in [5.74, 6) is -0.358. The molecule has 0 amide bonds. The third kappa shape index (κ3) is 3.32. The number of anilines is 1. The van der Waals surface area contributed by atoms with Gasteiger partial charge in [0.2, 0.25) is 0 Å². The van der Waals surface area contributed by atoms with Crippen molar-refractivity contribution in [3.8, 4) is 0 Å². The Bertz CT molecular complexity index is 560. The zero-order chi connectivity index (χ0) is 13.7. The van der Waals surface area contributed by atoms with E-state index in [0.29, 0.717) is 0 Å². The lowest BCUT2D eigenvalue weighted by molar-refractivity contribution is -0.141. The molecule has 1 heterocycles. The van der Waals surface area contributed by atoms with Gasteiger partial charge in [-0.15, -0.1) is 0 Å². The number of carbonyl (C=O) groups excluding carboxylic acids is 1. The van der Waals surface area contributed by atoms with Crippen LogP contribution in [0, 0.1) is 0 Å². The molecular weight excluding hydrogens is 308 g/mol. The van der Waals surface area contributed by atoms with E-state index < -0.39 is 6.04 Å². The van der Waals surface area contributed by atoms with Crippen molar-refractivity contribution in [2.75, 3.05) is 12.4 Å². The van der Waals surface area contributed by atoms with Crippen molar-refractivity contribution in [3.63, 3.8) is 0 Å². The highest BCUT2D eigenvalue weighted by Gasteiger charge is 2.22. The van der Waals surface area contributed by atoms with Gasteiger partial charge in [0.25, 0.3) is 0 Å². The second kappa shape index (κ2) is 6.33. The van der Waals surface area contributed by atoms with E-state index in [1.54, 1.807) is 18.5 Å². The molecule has 1 unspecified atom stereocenters. The molecule has 0 spiro atoms. The number of esters is 1. The van der Waals surface area contributed by atoms with Crippen molar-refractivity contribution < 1.29 is 9.53 Å². The molecular formula is C14H13BrN2O2. The minimum absolute atomic E-state index is 0.358. The smallest absolute Gasteiger partial charge is 0.333 e. The fourth-order valence-corrected chi connectivity index (χ4v) is 2.08. The molecule has 0 saturated heterocycles. The summed E-state index contributed by atoms with van der Waals surface area (Å²) < 4.78 is 5.72. The van der Waals surface area contributed by atoms with Crippen LogP contribution in [0.15, 0.2) is 53.3 Å². The SMILES string of the molecule is COC(=O)C(Nc1ccccc1Br)c1cccnc1. The fourth-order valence-electron chi connectivity index (χ4n) is 1.68. The standard InChI is InChI=1S/C14H13BrN2O2/c1-19-14(18)13(10-5-4-8-16-9-10)17-12-7-3-2-6-11(12)15/h2-9,13,17H,1H3. The van der Waals surface area contributed by atoms with Crippen molar-refractivity contribution in [2.24, 2.45) is 0 Å². The van der Waals surface area contributed by atoms with E-state index in [4.69, 9.17) is 4.74 Å². The molecule has 19 heavy (non-hydrogen) atoms. The van der Waals surface area contributed by atoms with Crippen molar-refractivity contribution in [1.29, 1.82) is 0 Å². The molecule has 0 aliphatic heterocycles. The number of halogens is 1. The highest BCUT2D eigenvalue weighted by atomic mass is 79.9. The molecule has 4 nitrogen and oxygen atoms in total. The van der Waals surface area contributed by atoms with Crippen LogP contribution < -0.4 is 5.32 Å². The van der Waals surface area contributed by atoms with Crippen molar-refractivity contribution >= 4 is 27.6 Å². The Kier molecular flexibility index (Phi) is 4.52. The Labute approximate surface area is 119 Å². The monoisotopic (exact) mass is 320 g/mol. The molecule has 1 aromatic carbocycles. The number of hydrogen-bond donors (Lipinski definition) is 1. The van der Waals surface area contributed by atoms with Gasteiger partial charge in [0.15, 0.2) is 6.04 Å². The normalized spacial score (nSPS) is 11.7. The van der Waals surface area contributed by atoms with E-state index >= 15 is 0 Å². The topological polar surface area (TPSA) is 51.2 Å². The molecule has 0 aliphatic carbocycles. The van der Waals surface area contributed by atoms with Gasteiger partial charge in [-0.3, -0.25) is 4.98 Å². The fraction of sp³-hybridized carbons (Fsp3) is 0.143. The molecule has 0 saturated carbocycles. The molecule has 1 atom stereocenters. The summed E-state index contributed by atoms with van der Waals surface area (Å²) in [4.78, 5) is 15.9. The first-order chi connectivity index (χ1) is 9.22. The third-order valence-corrected chi connectivity index (χ3v) is 3.32. The Morgan fingerprint density at radius 1 is 1.32 bits per heavy atom. The number of carbonyl (C=O) groups is 1. The van der Waals surface area contributed by atoms with Crippen LogP contribution in [-0.2, 0) is 9.53 Å². The average Bonchev–Trinajstić information content (AvgIpc) is 2.46. The number of aromatic nitrogens is 1. The van der Waals surface area contributed by atoms with Crippen molar-refractivity contribution in [1.82, 2.24) is 4.98 Å². The molecule has 0 aliphatic rings. The van der Waals surface area contributed by atoms with Gasteiger partial charge in [-0.1, -0.05) is 18.2 Å². The molecule has 98 valence electrons. The molecule has 1 aromatic heterocycles. The highest BCUT2D eigenvalue weighted by Crippen LogP contribution is 2.26. The zero-order valence-electron chi connectivity index (χ0n) is 10.3. The number of para-hydroxylation sites is 1. The second-order valence-corrected chi connectivity index (χ2v) is 4.72. The van der Waals surface area contributed by atoms with E-state index in [1.807, 2.05) is 30.3 Å². The minimum atomic E-state index is -0.586. The van der Waals surface area contributed by atoms with Crippen LogP contribution in [0.25, 0.3) is 0 Å². The number of hydrogen-bond acceptors (Lipinski definition) is 4. The van der Waals surface area contributed by atoms with Crippen LogP contribution in [0.1, 0.15) is 11.6 Å². The summed E-state index contributed by atoms with van der Waals surface area (Å²) in [6.45, 7) is 0. The van der Waals surface area contributed by atoms with E-state index in [-0.39, 0.29) is 5.97 Å². The summed E-state index contributed by atoms with van der Waals surface area (Å²) in [7, 11) is 1.37. The first-order valence-corrected chi connectivity index (χ1v) is 6.50. The number of ether oxygens (including phenoxy) is 1. The summed E-state index contributed by atoms with van der Waals surface area (Å²) in [5, 5.41) is 3.15. The number of nitrogens with one attached hydrogen (secondary N) is 1. The predicted octanol–water partition coefficient (Wildman–Crippen LogP) is 3.17. The number of pyridine rings is 1. The van der Waals surface area contributed by atoms with Crippen LogP contribution in [-0.4, -0.2) is 18.1 Å².